The summed E-state index contributed by atoms with van der Waals surface area (Å²) in [5.41, 5.74) is 2.66. The van der Waals surface area contributed by atoms with Crippen LogP contribution in [-0.4, -0.2) is 51.7 Å². The van der Waals surface area contributed by atoms with Crippen LogP contribution in [0.4, 0.5) is 11.6 Å². The molecule has 0 unspecified atom stereocenters. The van der Waals surface area contributed by atoms with Crippen LogP contribution >= 0.6 is 11.3 Å². The second-order valence-electron chi connectivity index (χ2n) is 8.25. The van der Waals surface area contributed by atoms with Gasteiger partial charge in [-0.25, -0.2) is 4.98 Å². The van der Waals surface area contributed by atoms with Crippen molar-refractivity contribution in [2.75, 3.05) is 25.0 Å². The number of carbonyl (C=O) groups excluding carboxylic acids is 1. The number of amides is 1. The second-order valence-corrected chi connectivity index (χ2v) is 9.50. The normalized spacial score (nSPS) is 19.7. The van der Waals surface area contributed by atoms with Gasteiger partial charge in [0.15, 0.2) is 5.82 Å². The molecule has 4 heterocycles. The SMILES string of the molecule is Cc1cc2c(Nc3cc(C4CC4)[nH]n3)nc(C(=O)N3CCN[C@H](C)C3)c(C)c2s1. The van der Waals surface area contributed by atoms with Gasteiger partial charge in [0.2, 0.25) is 0 Å². The van der Waals surface area contributed by atoms with Crippen molar-refractivity contribution in [3.05, 3.63) is 34.0 Å². The van der Waals surface area contributed by atoms with E-state index in [2.05, 4.69) is 46.8 Å². The molecule has 5 rings (SSSR count). The first-order valence-electron chi connectivity index (χ1n) is 10.3. The lowest BCUT2D eigenvalue weighted by atomic mass is 10.1. The lowest BCUT2D eigenvalue weighted by Crippen LogP contribution is -2.51. The molecule has 2 fully saturated rings. The summed E-state index contributed by atoms with van der Waals surface area (Å²) in [5, 5.41) is 15.3. The minimum absolute atomic E-state index is 0.00699. The zero-order valence-electron chi connectivity index (χ0n) is 17.0. The van der Waals surface area contributed by atoms with Crippen molar-refractivity contribution in [3.63, 3.8) is 0 Å². The number of aryl methyl sites for hydroxylation is 2. The molecule has 1 amide bonds. The summed E-state index contributed by atoms with van der Waals surface area (Å²) in [6.07, 6.45) is 2.44. The van der Waals surface area contributed by atoms with Gasteiger partial charge < -0.3 is 15.5 Å². The van der Waals surface area contributed by atoms with Crippen molar-refractivity contribution >= 4 is 39.0 Å². The van der Waals surface area contributed by atoms with Crippen LogP contribution in [0.15, 0.2) is 12.1 Å². The van der Waals surface area contributed by atoms with Gasteiger partial charge >= 0.3 is 0 Å². The van der Waals surface area contributed by atoms with Crippen molar-refractivity contribution in [3.8, 4) is 0 Å². The number of carbonyl (C=O) groups is 1. The average Bonchev–Trinajstić information content (AvgIpc) is 3.31. The Morgan fingerprint density at radius 1 is 1.31 bits per heavy atom. The van der Waals surface area contributed by atoms with E-state index in [1.165, 1.54) is 23.4 Å². The maximum absolute atomic E-state index is 13.3. The number of aromatic nitrogens is 3. The molecule has 152 valence electrons. The summed E-state index contributed by atoms with van der Waals surface area (Å²) in [7, 11) is 0. The number of nitrogens with one attached hydrogen (secondary N) is 3. The molecule has 3 aromatic heterocycles. The molecule has 7 nitrogen and oxygen atoms in total. The Labute approximate surface area is 173 Å². The molecule has 1 saturated heterocycles. The predicted molar refractivity (Wildman–Crippen MR) is 116 cm³/mol. The van der Waals surface area contributed by atoms with Gasteiger partial charge in [0.1, 0.15) is 11.5 Å². The number of anilines is 2. The van der Waals surface area contributed by atoms with Crippen LogP contribution in [0.5, 0.6) is 0 Å². The summed E-state index contributed by atoms with van der Waals surface area (Å²) in [6, 6.07) is 4.49. The molecule has 3 N–H and O–H groups in total. The average molecular weight is 411 g/mol. The fourth-order valence-corrected chi connectivity index (χ4v) is 5.04. The highest BCUT2D eigenvalue weighted by molar-refractivity contribution is 7.19. The third-order valence-corrected chi connectivity index (χ3v) is 6.92. The Morgan fingerprint density at radius 3 is 2.90 bits per heavy atom. The first-order chi connectivity index (χ1) is 14.0. The molecule has 29 heavy (non-hydrogen) atoms. The highest BCUT2D eigenvalue weighted by Crippen LogP contribution is 2.40. The Balaban J connectivity index is 1.53. The van der Waals surface area contributed by atoms with Gasteiger partial charge in [-0.1, -0.05) is 0 Å². The van der Waals surface area contributed by atoms with Gasteiger partial charge in [-0.2, -0.15) is 5.10 Å². The van der Waals surface area contributed by atoms with E-state index in [-0.39, 0.29) is 5.91 Å². The number of piperazine rings is 1. The van der Waals surface area contributed by atoms with Crippen LogP contribution < -0.4 is 10.6 Å². The second kappa shape index (κ2) is 7.11. The minimum Gasteiger partial charge on any atom is -0.334 e. The third kappa shape index (κ3) is 3.51. The smallest absolute Gasteiger partial charge is 0.272 e. The monoisotopic (exact) mass is 410 g/mol. The molecule has 2 aliphatic rings. The number of thiophene rings is 1. The van der Waals surface area contributed by atoms with E-state index in [9.17, 15) is 4.79 Å². The molecule has 3 aromatic rings. The fraction of sp³-hybridized carbons (Fsp3) is 0.476. The molecule has 8 heteroatoms. The third-order valence-electron chi connectivity index (χ3n) is 5.75. The summed E-state index contributed by atoms with van der Waals surface area (Å²) in [5.74, 6) is 2.07. The number of hydrogen-bond donors (Lipinski definition) is 3. The quantitative estimate of drug-likeness (QED) is 0.611. The van der Waals surface area contributed by atoms with Crippen molar-refractivity contribution in [2.24, 2.45) is 0 Å². The van der Waals surface area contributed by atoms with E-state index < -0.39 is 0 Å². The highest BCUT2D eigenvalue weighted by Gasteiger charge is 2.27. The van der Waals surface area contributed by atoms with Crippen molar-refractivity contribution < 1.29 is 4.79 Å². The maximum atomic E-state index is 13.3. The fourth-order valence-electron chi connectivity index (χ4n) is 4.03. The molecular formula is C21H26N6OS. The summed E-state index contributed by atoms with van der Waals surface area (Å²) in [4.78, 5) is 21.2. The zero-order valence-corrected chi connectivity index (χ0v) is 17.8. The van der Waals surface area contributed by atoms with Gasteiger partial charge in [-0.15, -0.1) is 11.3 Å². The van der Waals surface area contributed by atoms with Gasteiger partial charge in [0, 0.05) is 58.3 Å². The molecular weight excluding hydrogens is 384 g/mol. The van der Waals surface area contributed by atoms with E-state index in [1.54, 1.807) is 11.3 Å². The van der Waals surface area contributed by atoms with Gasteiger partial charge in [0.05, 0.1) is 0 Å². The van der Waals surface area contributed by atoms with E-state index in [0.717, 1.165) is 28.0 Å². The van der Waals surface area contributed by atoms with E-state index >= 15 is 0 Å². The van der Waals surface area contributed by atoms with Gasteiger partial charge in [-0.3, -0.25) is 9.89 Å². The van der Waals surface area contributed by atoms with Crippen LogP contribution in [0.2, 0.25) is 0 Å². The number of fused-ring (bicyclic) bond motifs is 1. The van der Waals surface area contributed by atoms with Crippen molar-refractivity contribution in [2.45, 2.75) is 45.6 Å². The number of rotatable bonds is 4. The predicted octanol–water partition coefficient (Wildman–Crippen LogP) is 3.69. The Morgan fingerprint density at radius 2 is 2.14 bits per heavy atom. The van der Waals surface area contributed by atoms with Crippen LogP contribution in [-0.2, 0) is 0 Å². The largest absolute Gasteiger partial charge is 0.334 e. The van der Waals surface area contributed by atoms with E-state index in [1.807, 2.05) is 11.8 Å². The number of H-pyrrole nitrogens is 1. The van der Waals surface area contributed by atoms with E-state index in [4.69, 9.17) is 4.98 Å². The van der Waals surface area contributed by atoms with Crippen molar-refractivity contribution in [1.82, 2.24) is 25.4 Å². The molecule has 0 radical (unpaired) electrons. The first-order valence-corrected chi connectivity index (χ1v) is 11.1. The molecule has 0 aromatic carbocycles. The molecule has 0 bridgehead atoms. The molecule has 1 atom stereocenters. The molecule has 1 aliphatic heterocycles. The zero-order chi connectivity index (χ0) is 20.1. The number of pyridine rings is 1. The summed E-state index contributed by atoms with van der Waals surface area (Å²) >= 11 is 1.71. The van der Waals surface area contributed by atoms with Crippen LogP contribution in [0.3, 0.4) is 0 Å². The Bertz CT molecular complexity index is 1080. The number of nitrogens with zero attached hydrogens (tertiary/aromatic N) is 3. The highest BCUT2D eigenvalue weighted by atomic mass is 32.1. The van der Waals surface area contributed by atoms with E-state index in [0.29, 0.717) is 36.6 Å². The minimum atomic E-state index is 0.00699. The first kappa shape index (κ1) is 18.6. The van der Waals surface area contributed by atoms with Crippen LogP contribution in [0, 0.1) is 13.8 Å². The van der Waals surface area contributed by atoms with Crippen molar-refractivity contribution in [1.29, 1.82) is 0 Å². The Kier molecular flexibility index (Phi) is 4.55. The standard InChI is InChI=1S/C21H26N6OS/c1-11-10-27(7-6-22-11)21(28)18-13(3)19-15(8-12(2)29-19)20(24-18)23-17-9-16(25-26-17)14-4-5-14/h8-9,11,14,22H,4-7,10H2,1-3H3,(H2,23,24,25,26)/t11-/m1/s1. The number of hydrogen-bond acceptors (Lipinski definition) is 6. The molecule has 1 aliphatic carbocycles. The topological polar surface area (TPSA) is 85.9 Å². The molecule has 0 spiro atoms. The Hall–Kier alpha value is -2.45. The van der Waals surface area contributed by atoms with Gasteiger partial charge in [0.25, 0.3) is 5.91 Å². The van der Waals surface area contributed by atoms with Crippen LogP contribution in [0.1, 0.15) is 52.3 Å². The lowest BCUT2D eigenvalue weighted by Gasteiger charge is -2.32. The summed E-state index contributed by atoms with van der Waals surface area (Å²) < 4.78 is 1.12. The van der Waals surface area contributed by atoms with Crippen LogP contribution in [0.25, 0.3) is 10.1 Å². The number of aromatic amines is 1. The molecule has 1 saturated carbocycles. The maximum Gasteiger partial charge on any atom is 0.272 e. The lowest BCUT2D eigenvalue weighted by molar-refractivity contribution is 0.0702. The van der Waals surface area contributed by atoms with Gasteiger partial charge in [-0.05, 0) is 45.2 Å². The summed E-state index contributed by atoms with van der Waals surface area (Å²) in [6.45, 7) is 8.43.